The van der Waals surface area contributed by atoms with Crippen LogP contribution in [-0.4, -0.2) is 50.3 Å². The van der Waals surface area contributed by atoms with E-state index in [4.69, 9.17) is 9.15 Å². The van der Waals surface area contributed by atoms with Gasteiger partial charge in [-0.15, -0.1) is 0 Å². The van der Waals surface area contributed by atoms with Crippen LogP contribution in [0.5, 0.6) is 0 Å². The van der Waals surface area contributed by atoms with E-state index >= 15 is 0 Å². The first-order chi connectivity index (χ1) is 16.1. The van der Waals surface area contributed by atoms with Gasteiger partial charge in [0.25, 0.3) is 0 Å². The third-order valence-corrected chi connectivity index (χ3v) is 6.45. The maximum atomic E-state index is 13.1. The van der Waals surface area contributed by atoms with Crippen molar-refractivity contribution in [2.24, 2.45) is 0 Å². The van der Waals surface area contributed by atoms with Crippen LogP contribution in [0.1, 0.15) is 17.0 Å². The molecule has 0 saturated carbocycles. The second kappa shape index (κ2) is 9.25. The Labute approximate surface area is 193 Å². The summed E-state index contributed by atoms with van der Waals surface area (Å²) in [6.07, 6.45) is 0. The van der Waals surface area contributed by atoms with E-state index in [9.17, 15) is 4.79 Å². The fourth-order valence-corrected chi connectivity index (χ4v) is 4.84. The smallest absolute Gasteiger partial charge is 0.319 e. The van der Waals surface area contributed by atoms with Crippen LogP contribution < -0.4 is 10.6 Å². The lowest BCUT2D eigenvalue weighted by molar-refractivity contribution is 0.159. The number of methoxy groups -OCH3 is 1. The largest absolute Gasteiger partial charge is 0.456 e. The van der Waals surface area contributed by atoms with Gasteiger partial charge in [-0.1, -0.05) is 48.0 Å². The lowest BCUT2D eigenvalue weighted by Gasteiger charge is -2.20. The molecule has 2 atom stereocenters. The fraction of sp³-hybridized carbons (Fsp3) is 0.296. The number of hydrogen-bond acceptors (Lipinski definition) is 4. The van der Waals surface area contributed by atoms with Crippen molar-refractivity contribution in [2.45, 2.75) is 18.9 Å². The van der Waals surface area contributed by atoms with Crippen LogP contribution >= 0.6 is 0 Å². The maximum absolute atomic E-state index is 13.1. The van der Waals surface area contributed by atoms with Gasteiger partial charge in [-0.25, -0.2) is 4.79 Å². The van der Waals surface area contributed by atoms with Gasteiger partial charge in [-0.2, -0.15) is 0 Å². The first kappa shape index (κ1) is 21.5. The number of aryl methyl sites for hydroxylation is 1. The van der Waals surface area contributed by atoms with Crippen molar-refractivity contribution in [1.29, 1.82) is 0 Å². The summed E-state index contributed by atoms with van der Waals surface area (Å²) in [6, 6.07) is 22.1. The van der Waals surface area contributed by atoms with Gasteiger partial charge in [-0.05, 0) is 36.8 Å². The fourth-order valence-electron chi connectivity index (χ4n) is 4.84. The molecule has 1 fully saturated rings. The predicted octanol–water partition coefficient (Wildman–Crippen LogP) is 5.13. The average Bonchev–Trinajstić information content (AvgIpc) is 3.39. The van der Waals surface area contributed by atoms with Crippen molar-refractivity contribution in [3.63, 3.8) is 0 Å². The van der Waals surface area contributed by atoms with E-state index in [0.717, 1.165) is 52.8 Å². The highest BCUT2D eigenvalue weighted by Gasteiger charge is 2.34. The van der Waals surface area contributed by atoms with E-state index in [1.54, 1.807) is 7.11 Å². The number of likely N-dealkylation sites (tertiary alicyclic amines) is 1. The van der Waals surface area contributed by atoms with Crippen LogP contribution in [0.3, 0.4) is 0 Å². The molecule has 2 amide bonds. The summed E-state index contributed by atoms with van der Waals surface area (Å²) in [5.41, 5.74) is 4.72. The van der Waals surface area contributed by atoms with Gasteiger partial charge in [0.1, 0.15) is 11.2 Å². The highest BCUT2D eigenvalue weighted by molar-refractivity contribution is 6.14. The summed E-state index contributed by atoms with van der Waals surface area (Å²) < 4.78 is 11.3. The zero-order valence-electron chi connectivity index (χ0n) is 19.0. The SMILES string of the molecule is COCCN1C[C@@H](NC(=O)Nc2cccc3oc4ccc(C)cc4c23)[C@H](c2ccccc2)C1. The van der Waals surface area contributed by atoms with Crippen molar-refractivity contribution in [3.8, 4) is 0 Å². The third kappa shape index (κ3) is 4.45. The number of furan rings is 1. The Hall–Kier alpha value is -3.35. The summed E-state index contributed by atoms with van der Waals surface area (Å²) in [6.45, 7) is 5.25. The number of benzene rings is 3. The van der Waals surface area contributed by atoms with Crippen LogP contribution in [0, 0.1) is 6.92 Å². The van der Waals surface area contributed by atoms with Crippen molar-refractivity contribution in [1.82, 2.24) is 10.2 Å². The minimum Gasteiger partial charge on any atom is -0.456 e. The molecule has 2 N–H and O–H groups in total. The zero-order chi connectivity index (χ0) is 22.8. The van der Waals surface area contributed by atoms with Gasteiger partial charge in [0.2, 0.25) is 0 Å². The van der Waals surface area contributed by atoms with Gasteiger partial charge in [0.05, 0.1) is 23.7 Å². The molecular formula is C27H29N3O3. The number of urea groups is 1. The number of nitrogens with one attached hydrogen (secondary N) is 2. The number of hydrogen-bond donors (Lipinski definition) is 2. The Morgan fingerprint density at radius 1 is 1.06 bits per heavy atom. The molecule has 2 heterocycles. The van der Waals surface area contributed by atoms with Crippen LogP contribution in [-0.2, 0) is 4.74 Å². The van der Waals surface area contributed by atoms with Crippen LogP contribution in [0.2, 0.25) is 0 Å². The normalized spacial score (nSPS) is 18.7. The Balaban J connectivity index is 1.38. The van der Waals surface area contributed by atoms with Crippen molar-refractivity contribution in [3.05, 3.63) is 77.9 Å². The summed E-state index contributed by atoms with van der Waals surface area (Å²) in [5.74, 6) is 0.224. The molecule has 0 spiro atoms. The van der Waals surface area contributed by atoms with Gasteiger partial charge in [0, 0.05) is 38.0 Å². The topological polar surface area (TPSA) is 66.7 Å². The lowest BCUT2D eigenvalue weighted by atomic mass is 9.94. The molecule has 3 aromatic carbocycles. The number of ether oxygens (including phenoxy) is 1. The Kier molecular flexibility index (Phi) is 6.03. The molecular weight excluding hydrogens is 414 g/mol. The molecule has 4 aromatic rings. The summed E-state index contributed by atoms with van der Waals surface area (Å²) in [4.78, 5) is 15.5. The number of carbonyl (C=O) groups is 1. The van der Waals surface area contributed by atoms with E-state index < -0.39 is 0 Å². The lowest BCUT2D eigenvalue weighted by Crippen LogP contribution is -2.42. The molecule has 1 aliphatic heterocycles. The van der Waals surface area contributed by atoms with E-state index in [1.807, 2.05) is 36.4 Å². The number of amides is 2. The number of anilines is 1. The summed E-state index contributed by atoms with van der Waals surface area (Å²) in [5, 5.41) is 8.26. The van der Waals surface area contributed by atoms with Crippen molar-refractivity contribution < 1.29 is 13.9 Å². The van der Waals surface area contributed by atoms with Crippen LogP contribution in [0.15, 0.2) is 71.1 Å². The number of carbonyl (C=O) groups excluding carboxylic acids is 1. The first-order valence-corrected chi connectivity index (χ1v) is 11.4. The van der Waals surface area contributed by atoms with Crippen LogP contribution in [0.25, 0.3) is 21.9 Å². The number of fused-ring (bicyclic) bond motifs is 3. The van der Waals surface area contributed by atoms with Gasteiger partial charge < -0.3 is 19.8 Å². The van der Waals surface area contributed by atoms with Gasteiger partial charge >= 0.3 is 6.03 Å². The zero-order valence-corrected chi connectivity index (χ0v) is 19.0. The van der Waals surface area contributed by atoms with E-state index in [1.165, 1.54) is 5.56 Å². The molecule has 1 aliphatic rings. The molecule has 1 aromatic heterocycles. The predicted molar refractivity (Wildman–Crippen MR) is 132 cm³/mol. The highest BCUT2D eigenvalue weighted by atomic mass is 16.5. The van der Waals surface area contributed by atoms with Gasteiger partial charge in [-0.3, -0.25) is 4.90 Å². The summed E-state index contributed by atoms with van der Waals surface area (Å²) in [7, 11) is 1.72. The standard InChI is InChI=1S/C27H29N3O3/c1-18-11-12-24-20(15-18)26-22(9-6-10-25(26)33-24)28-27(31)29-23-17-30(13-14-32-2)16-21(23)19-7-4-3-5-8-19/h3-12,15,21,23H,13-14,16-17H2,1-2H3,(H2,28,29,31)/t21-,23+/m0/s1. The molecule has 1 saturated heterocycles. The van der Waals surface area contributed by atoms with E-state index in [-0.39, 0.29) is 18.0 Å². The second-order valence-electron chi connectivity index (χ2n) is 8.75. The van der Waals surface area contributed by atoms with Crippen molar-refractivity contribution >= 4 is 33.7 Å². The Bertz CT molecular complexity index is 1270. The maximum Gasteiger partial charge on any atom is 0.319 e. The quantitative estimate of drug-likeness (QED) is 0.434. The molecule has 0 unspecified atom stereocenters. The van der Waals surface area contributed by atoms with Crippen molar-refractivity contribution in [2.75, 3.05) is 38.7 Å². The Morgan fingerprint density at radius 3 is 2.73 bits per heavy atom. The van der Waals surface area contributed by atoms with E-state index in [2.05, 4.69) is 52.8 Å². The molecule has 6 nitrogen and oxygen atoms in total. The molecule has 5 rings (SSSR count). The summed E-state index contributed by atoms with van der Waals surface area (Å²) >= 11 is 0. The Morgan fingerprint density at radius 2 is 1.91 bits per heavy atom. The number of nitrogens with zero attached hydrogens (tertiary/aromatic N) is 1. The third-order valence-electron chi connectivity index (χ3n) is 6.45. The van der Waals surface area contributed by atoms with E-state index in [0.29, 0.717) is 6.61 Å². The van der Waals surface area contributed by atoms with Crippen LogP contribution in [0.4, 0.5) is 10.5 Å². The molecule has 6 heteroatoms. The second-order valence-corrected chi connectivity index (χ2v) is 8.75. The molecule has 170 valence electrons. The molecule has 0 aliphatic carbocycles. The average molecular weight is 444 g/mol. The number of rotatable bonds is 6. The van der Waals surface area contributed by atoms with Gasteiger partial charge in [0.15, 0.2) is 0 Å². The molecule has 0 radical (unpaired) electrons. The molecule has 0 bridgehead atoms. The minimum absolute atomic E-state index is 0.00629. The highest BCUT2D eigenvalue weighted by Crippen LogP contribution is 2.35. The molecule has 33 heavy (non-hydrogen) atoms. The first-order valence-electron chi connectivity index (χ1n) is 11.4. The monoisotopic (exact) mass is 443 g/mol. The minimum atomic E-state index is -0.205.